The van der Waals surface area contributed by atoms with Crippen LogP contribution in [-0.4, -0.2) is 19.8 Å². The van der Waals surface area contributed by atoms with Crippen molar-refractivity contribution in [3.63, 3.8) is 0 Å². The van der Waals surface area contributed by atoms with Crippen molar-refractivity contribution >= 4 is 11.9 Å². The Balaban J connectivity index is 2.36. The van der Waals surface area contributed by atoms with Crippen LogP contribution >= 0.6 is 0 Å². The van der Waals surface area contributed by atoms with Gasteiger partial charge in [0.05, 0.1) is 13.3 Å². The zero-order chi connectivity index (χ0) is 8.44. The van der Waals surface area contributed by atoms with Crippen molar-refractivity contribution in [1.29, 1.82) is 0 Å². The van der Waals surface area contributed by atoms with Crippen LogP contribution in [0.5, 0.6) is 0 Å². The topological polar surface area (TPSA) is 12.4 Å². The summed E-state index contributed by atoms with van der Waals surface area (Å²) in [5.41, 5.74) is 1.27. The molecule has 0 radical (unpaired) electrons. The number of quaternary nitrogens is 1. The van der Waals surface area contributed by atoms with E-state index in [1.807, 2.05) is 12.3 Å². The fourth-order valence-electron chi connectivity index (χ4n) is 1.55. The van der Waals surface area contributed by atoms with E-state index in [-0.39, 0.29) is 0 Å². The van der Waals surface area contributed by atoms with Gasteiger partial charge in [0.25, 0.3) is 0 Å². The third-order valence-corrected chi connectivity index (χ3v) is 2.34. The zero-order valence-electron chi connectivity index (χ0n) is 7.27. The Morgan fingerprint density at radius 1 is 1.25 bits per heavy atom. The summed E-state index contributed by atoms with van der Waals surface area (Å²) in [6.45, 7) is 1.09. The average molecular weight is 161 g/mol. The van der Waals surface area contributed by atoms with Crippen LogP contribution in [0.3, 0.4) is 0 Å². The van der Waals surface area contributed by atoms with Crippen LogP contribution in [-0.2, 0) is 0 Å². The molecule has 0 saturated carbocycles. The van der Waals surface area contributed by atoms with E-state index in [0.29, 0.717) is 4.59 Å². The van der Waals surface area contributed by atoms with Crippen LogP contribution in [0.1, 0.15) is 6.42 Å². The van der Waals surface area contributed by atoms with Gasteiger partial charge >= 0.3 is 0 Å². The predicted octanol–water partition coefficient (Wildman–Crippen LogP) is 2.01. The van der Waals surface area contributed by atoms with Gasteiger partial charge in [-0.1, -0.05) is 23.3 Å². The minimum Gasteiger partial charge on any atom is -0.169 e. The maximum atomic E-state index is 4.45. The molecule has 0 saturated heterocycles. The van der Waals surface area contributed by atoms with Crippen LogP contribution in [0, 0.1) is 0 Å². The van der Waals surface area contributed by atoms with Gasteiger partial charge in [-0.3, -0.25) is 0 Å². The first kappa shape index (κ1) is 7.50. The van der Waals surface area contributed by atoms with E-state index >= 15 is 0 Å². The van der Waals surface area contributed by atoms with Gasteiger partial charge in [0.2, 0.25) is 0 Å². The first-order chi connectivity index (χ1) is 5.81. The lowest BCUT2D eigenvalue weighted by atomic mass is 10.3. The SMILES string of the molecule is C[N+]1(c2ccccc2)CCC=N1. The van der Waals surface area contributed by atoms with Gasteiger partial charge in [-0.05, 0) is 0 Å². The molecule has 12 heavy (non-hydrogen) atoms. The molecule has 2 heteroatoms. The molecule has 1 aliphatic rings. The van der Waals surface area contributed by atoms with Crippen LogP contribution in [0.2, 0.25) is 0 Å². The molecule has 1 heterocycles. The van der Waals surface area contributed by atoms with Gasteiger partial charge < -0.3 is 0 Å². The van der Waals surface area contributed by atoms with Crippen molar-refractivity contribution in [3.8, 4) is 0 Å². The maximum absolute atomic E-state index is 4.45. The molecule has 1 aliphatic heterocycles. The van der Waals surface area contributed by atoms with Crippen molar-refractivity contribution in [3.05, 3.63) is 30.3 Å². The molecule has 0 N–H and O–H groups in total. The number of nitrogens with zero attached hydrogens (tertiary/aromatic N) is 2. The summed E-state index contributed by atoms with van der Waals surface area (Å²) in [5.74, 6) is 0. The highest BCUT2D eigenvalue weighted by Gasteiger charge is 2.26. The number of hydrogen-bond donors (Lipinski definition) is 0. The number of rotatable bonds is 1. The summed E-state index contributed by atoms with van der Waals surface area (Å²) < 4.78 is 0.709. The third kappa shape index (κ3) is 1.14. The molecule has 2 rings (SSSR count). The molecule has 1 atom stereocenters. The Hall–Kier alpha value is -1.15. The summed E-state index contributed by atoms with van der Waals surface area (Å²) in [4.78, 5) is 0. The Morgan fingerprint density at radius 3 is 2.58 bits per heavy atom. The molecular weight excluding hydrogens is 148 g/mol. The minimum atomic E-state index is 0.709. The molecule has 2 nitrogen and oxygen atoms in total. The van der Waals surface area contributed by atoms with E-state index in [1.54, 1.807) is 0 Å². The normalized spacial score (nSPS) is 27.8. The van der Waals surface area contributed by atoms with E-state index in [2.05, 4.69) is 36.4 Å². The fraction of sp³-hybridized carbons (Fsp3) is 0.300. The summed E-state index contributed by atoms with van der Waals surface area (Å²) in [6.07, 6.45) is 3.10. The Kier molecular flexibility index (Phi) is 1.70. The first-order valence-electron chi connectivity index (χ1n) is 4.26. The Morgan fingerprint density at radius 2 is 2.00 bits per heavy atom. The molecule has 0 bridgehead atoms. The van der Waals surface area contributed by atoms with Crippen molar-refractivity contribution in [2.24, 2.45) is 5.10 Å². The van der Waals surface area contributed by atoms with E-state index in [9.17, 15) is 0 Å². The van der Waals surface area contributed by atoms with Crippen LogP contribution in [0.4, 0.5) is 5.69 Å². The summed E-state index contributed by atoms with van der Waals surface area (Å²) >= 11 is 0. The molecule has 0 aromatic heterocycles. The van der Waals surface area contributed by atoms with E-state index < -0.39 is 0 Å². The zero-order valence-corrected chi connectivity index (χ0v) is 7.27. The molecule has 0 amide bonds. The van der Waals surface area contributed by atoms with Crippen LogP contribution in [0.15, 0.2) is 35.4 Å². The smallest absolute Gasteiger partial charge is 0.159 e. The number of para-hydroxylation sites is 1. The Bertz CT molecular complexity index is 292. The number of hydrogen-bond acceptors (Lipinski definition) is 1. The molecular formula is C10H13N2+. The molecule has 1 aromatic rings. The van der Waals surface area contributed by atoms with Crippen LogP contribution < -0.4 is 4.59 Å². The van der Waals surface area contributed by atoms with Gasteiger partial charge in [0.1, 0.15) is 6.54 Å². The standard InChI is InChI=1S/C10H13N2/c1-12(9-5-8-11-12)10-6-3-2-4-7-10/h2-4,6-8H,5,9H2,1H3/q+1. The highest BCUT2D eigenvalue weighted by Crippen LogP contribution is 2.23. The first-order valence-corrected chi connectivity index (χ1v) is 4.26. The van der Waals surface area contributed by atoms with Crippen molar-refractivity contribution in [2.75, 3.05) is 13.6 Å². The quantitative estimate of drug-likeness (QED) is 0.559. The highest BCUT2D eigenvalue weighted by molar-refractivity contribution is 5.63. The monoisotopic (exact) mass is 161 g/mol. The summed E-state index contributed by atoms with van der Waals surface area (Å²) in [5, 5.41) is 4.45. The van der Waals surface area contributed by atoms with Gasteiger partial charge in [-0.2, -0.15) is 4.59 Å². The second kappa shape index (κ2) is 2.72. The fourth-order valence-corrected chi connectivity index (χ4v) is 1.55. The van der Waals surface area contributed by atoms with Crippen molar-refractivity contribution in [2.45, 2.75) is 6.42 Å². The van der Waals surface area contributed by atoms with Gasteiger partial charge in [-0.15, -0.1) is 0 Å². The van der Waals surface area contributed by atoms with Crippen molar-refractivity contribution < 1.29 is 0 Å². The van der Waals surface area contributed by atoms with Crippen LogP contribution in [0.25, 0.3) is 0 Å². The molecule has 0 fully saturated rings. The van der Waals surface area contributed by atoms with Gasteiger partial charge in [0.15, 0.2) is 5.69 Å². The minimum absolute atomic E-state index is 0.709. The molecule has 1 aromatic carbocycles. The number of benzene rings is 1. The maximum Gasteiger partial charge on any atom is 0.159 e. The third-order valence-electron chi connectivity index (χ3n) is 2.34. The predicted molar refractivity (Wildman–Crippen MR) is 52.1 cm³/mol. The summed E-state index contributed by atoms with van der Waals surface area (Å²) in [6, 6.07) is 10.4. The van der Waals surface area contributed by atoms with E-state index in [4.69, 9.17) is 0 Å². The van der Waals surface area contributed by atoms with Gasteiger partial charge in [-0.25, -0.2) is 0 Å². The summed E-state index contributed by atoms with van der Waals surface area (Å²) in [7, 11) is 2.14. The highest BCUT2D eigenvalue weighted by atomic mass is 15.6. The lowest BCUT2D eigenvalue weighted by Gasteiger charge is -2.22. The average Bonchev–Trinajstić information content (AvgIpc) is 2.55. The van der Waals surface area contributed by atoms with Gasteiger partial charge in [0, 0.05) is 18.6 Å². The molecule has 0 spiro atoms. The molecule has 1 unspecified atom stereocenters. The Labute approximate surface area is 72.7 Å². The lowest BCUT2D eigenvalue weighted by Crippen LogP contribution is -2.36. The molecule has 0 aliphatic carbocycles. The largest absolute Gasteiger partial charge is 0.169 e. The second-order valence-electron chi connectivity index (χ2n) is 3.29. The van der Waals surface area contributed by atoms with E-state index in [1.165, 1.54) is 5.69 Å². The molecule has 62 valence electrons. The lowest BCUT2D eigenvalue weighted by molar-refractivity contribution is 0.383. The van der Waals surface area contributed by atoms with E-state index in [0.717, 1.165) is 13.0 Å². The van der Waals surface area contributed by atoms with Crippen molar-refractivity contribution in [1.82, 2.24) is 4.59 Å². The second-order valence-corrected chi connectivity index (χ2v) is 3.29.